The van der Waals surface area contributed by atoms with Crippen LogP contribution >= 0.6 is 11.3 Å². The van der Waals surface area contributed by atoms with Crippen molar-refractivity contribution in [2.45, 2.75) is 0 Å². The number of rotatable bonds is 5. The summed E-state index contributed by atoms with van der Waals surface area (Å²) >= 11 is 1.80. The molecule has 4 aromatic heterocycles. The molecule has 12 aromatic rings. The molecule has 6 heteroatoms. The van der Waals surface area contributed by atoms with E-state index in [9.17, 15) is 0 Å². The molecule has 8 aromatic carbocycles. The highest BCUT2D eigenvalue weighted by molar-refractivity contribution is 7.26. The zero-order valence-corrected chi connectivity index (χ0v) is 31.2. The van der Waals surface area contributed by atoms with E-state index in [1.54, 1.807) is 11.3 Å². The summed E-state index contributed by atoms with van der Waals surface area (Å²) in [5, 5.41) is 6.80. The van der Waals surface area contributed by atoms with Crippen molar-refractivity contribution in [3.05, 3.63) is 182 Å². The Hall–Kier alpha value is -7.41. The van der Waals surface area contributed by atoms with Crippen LogP contribution in [-0.4, -0.2) is 19.5 Å². The molecule has 0 atom stereocenters. The van der Waals surface area contributed by atoms with E-state index >= 15 is 0 Å². The second kappa shape index (κ2) is 12.6. The summed E-state index contributed by atoms with van der Waals surface area (Å²) in [6.45, 7) is 0. The van der Waals surface area contributed by atoms with Crippen molar-refractivity contribution in [1.29, 1.82) is 0 Å². The number of para-hydroxylation sites is 2. The van der Waals surface area contributed by atoms with Crippen LogP contribution < -0.4 is 0 Å². The van der Waals surface area contributed by atoms with Crippen molar-refractivity contribution in [2.75, 3.05) is 0 Å². The van der Waals surface area contributed by atoms with Gasteiger partial charge in [0, 0.05) is 52.8 Å². The maximum absolute atomic E-state index is 6.64. The molecule has 0 fully saturated rings. The highest BCUT2D eigenvalue weighted by atomic mass is 32.1. The third-order valence-corrected chi connectivity index (χ3v) is 12.2. The summed E-state index contributed by atoms with van der Waals surface area (Å²) < 4.78 is 11.2. The molecule has 0 unspecified atom stereocenters. The Morgan fingerprint density at radius 3 is 1.95 bits per heavy atom. The second-order valence-electron chi connectivity index (χ2n) is 14.4. The van der Waals surface area contributed by atoms with Crippen LogP contribution in [-0.2, 0) is 0 Å². The Morgan fingerprint density at radius 1 is 0.421 bits per heavy atom. The predicted octanol–water partition coefficient (Wildman–Crippen LogP) is 13.9. The molecule has 266 valence electrons. The van der Waals surface area contributed by atoms with Gasteiger partial charge >= 0.3 is 0 Å². The number of hydrogen-bond donors (Lipinski definition) is 0. The molecule has 12 rings (SSSR count). The number of furan rings is 1. The molecule has 0 aliphatic carbocycles. The minimum Gasteiger partial charge on any atom is -0.454 e. The standard InChI is InChI=1S/C51H30N4OS/c1-3-13-31(14-4-1)33-17-11-18-34(29-33)36-21-12-24-44-46(36)41-26-25-35(30-45(41)57-44)50-52-49(32-15-5-2-6-16-32)53-51(54-50)55-42-22-9-7-19-37(42)39-27-28-40-38-20-8-10-23-43(38)56-48(40)47(39)55/h1-30H. The van der Waals surface area contributed by atoms with Crippen LogP contribution in [0.5, 0.6) is 0 Å². The Balaban J connectivity index is 1.07. The van der Waals surface area contributed by atoms with Crippen LogP contribution in [0.15, 0.2) is 186 Å². The fraction of sp³-hybridized carbons (Fsp3) is 0. The van der Waals surface area contributed by atoms with Crippen LogP contribution in [0.2, 0.25) is 0 Å². The second-order valence-corrected chi connectivity index (χ2v) is 15.5. The van der Waals surface area contributed by atoms with Crippen molar-refractivity contribution in [1.82, 2.24) is 19.5 Å². The Morgan fingerprint density at radius 2 is 1.09 bits per heavy atom. The van der Waals surface area contributed by atoms with Gasteiger partial charge in [-0.3, -0.25) is 4.57 Å². The highest BCUT2D eigenvalue weighted by Crippen LogP contribution is 2.43. The molecule has 4 heterocycles. The number of nitrogens with zero attached hydrogens (tertiary/aromatic N) is 4. The van der Waals surface area contributed by atoms with Gasteiger partial charge in [0.05, 0.1) is 5.52 Å². The molecule has 0 saturated carbocycles. The Bertz CT molecular complexity index is 3530. The normalized spacial score (nSPS) is 11.9. The van der Waals surface area contributed by atoms with E-state index in [1.807, 2.05) is 30.3 Å². The molecular formula is C51H30N4OS. The first-order valence-electron chi connectivity index (χ1n) is 19.0. The quantitative estimate of drug-likeness (QED) is 0.176. The van der Waals surface area contributed by atoms with Crippen molar-refractivity contribution in [3.63, 3.8) is 0 Å². The maximum atomic E-state index is 6.64. The number of hydrogen-bond acceptors (Lipinski definition) is 5. The zero-order chi connectivity index (χ0) is 37.5. The fourth-order valence-electron chi connectivity index (χ4n) is 8.45. The van der Waals surface area contributed by atoms with Gasteiger partial charge in [-0.2, -0.15) is 9.97 Å². The summed E-state index contributed by atoms with van der Waals surface area (Å²) in [5.74, 6) is 1.75. The lowest BCUT2D eigenvalue weighted by Gasteiger charge is -2.11. The van der Waals surface area contributed by atoms with Crippen LogP contribution in [0, 0.1) is 0 Å². The van der Waals surface area contributed by atoms with Gasteiger partial charge in [-0.15, -0.1) is 11.3 Å². The van der Waals surface area contributed by atoms with Gasteiger partial charge < -0.3 is 4.42 Å². The SMILES string of the molecule is c1ccc(-c2cccc(-c3cccc4sc5cc(-c6nc(-c7ccccc7)nc(-n7c8ccccc8c8ccc9c%10ccccc%10oc9c87)n6)ccc5c34)c2)cc1. The van der Waals surface area contributed by atoms with Crippen molar-refractivity contribution in [3.8, 4) is 51.0 Å². The summed E-state index contributed by atoms with van der Waals surface area (Å²) in [7, 11) is 0. The molecule has 57 heavy (non-hydrogen) atoms. The number of benzene rings is 8. The molecule has 0 aliphatic heterocycles. The molecule has 5 nitrogen and oxygen atoms in total. The van der Waals surface area contributed by atoms with Crippen LogP contribution in [0.25, 0.3) is 115 Å². The van der Waals surface area contributed by atoms with E-state index in [2.05, 4.69) is 156 Å². The molecule has 0 saturated heterocycles. The van der Waals surface area contributed by atoms with Gasteiger partial charge in [0.2, 0.25) is 5.95 Å². The largest absolute Gasteiger partial charge is 0.454 e. The zero-order valence-electron chi connectivity index (χ0n) is 30.4. The molecule has 0 bridgehead atoms. The van der Waals surface area contributed by atoms with Gasteiger partial charge in [-0.1, -0.05) is 146 Å². The third kappa shape index (κ3) is 5.04. The molecule has 0 amide bonds. The topological polar surface area (TPSA) is 56.7 Å². The molecular weight excluding hydrogens is 717 g/mol. The van der Waals surface area contributed by atoms with Crippen LogP contribution in [0.3, 0.4) is 0 Å². The van der Waals surface area contributed by atoms with Gasteiger partial charge in [0.25, 0.3) is 0 Å². The average molecular weight is 747 g/mol. The lowest BCUT2D eigenvalue weighted by atomic mass is 9.96. The first kappa shape index (κ1) is 31.9. The fourth-order valence-corrected chi connectivity index (χ4v) is 9.62. The summed E-state index contributed by atoms with van der Waals surface area (Å²) in [4.78, 5) is 15.7. The van der Waals surface area contributed by atoms with Crippen LogP contribution in [0.4, 0.5) is 0 Å². The molecule has 0 aliphatic rings. The Kier molecular flexibility index (Phi) is 7.03. The Labute approximate surface area is 330 Å². The summed E-state index contributed by atoms with van der Waals surface area (Å²) in [5.41, 5.74) is 10.3. The summed E-state index contributed by atoms with van der Waals surface area (Å²) in [6, 6.07) is 63.8. The number of fused-ring (bicyclic) bond motifs is 10. The van der Waals surface area contributed by atoms with Gasteiger partial charge in [0.15, 0.2) is 17.2 Å². The molecule has 0 spiro atoms. The van der Waals surface area contributed by atoms with Gasteiger partial charge in [-0.05, 0) is 58.7 Å². The van der Waals surface area contributed by atoms with E-state index in [1.165, 1.54) is 42.4 Å². The smallest absolute Gasteiger partial charge is 0.238 e. The van der Waals surface area contributed by atoms with Crippen molar-refractivity contribution < 1.29 is 4.42 Å². The van der Waals surface area contributed by atoms with E-state index in [-0.39, 0.29) is 0 Å². The van der Waals surface area contributed by atoms with E-state index in [0.717, 1.165) is 54.9 Å². The van der Waals surface area contributed by atoms with Gasteiger partial charge in [0.1, 0.15) is 11.1 Å². The summed E-state index contributed by atoms with van der Waals surface area (Å²) in [6.07, 6.45) is 0. The lowest BCUT2D eigenvalue weighted by molar-refractivity contribution is 0.670. The first-order chi connectivity index (χ1) is 28.2. The van der Waals surface area contributed by atoms with Crippen molar-refractivity contribution >= 4 is 75.3 Å². The maximum Gasteiger partial charge on any atom is 0.238 e. The number of aromatic nitrogens is 4. The lowest BCUT2D eigenvalue weighted by Crippen LogP contribution is -2.06. The van der Waals surface area contributed by atoms with E-state index in [0.29, 0.717) is 17.6 Å². The third-order valence-electron chi connectivity index (χ3n) is 11.1. The number of thiophene rings is 1. The predicted molar refractivity (Wildman–Crippen MR) is 236 cm³/mol. The van der Waals surface area contributed by atoms with Gasteiger partial charge in [-0.25, -0.2) is 4.98 Å². The van der Waals surface area contributed by atoms with E-state index in [4.69, 9.17) is 19.4 Å². The van der Waals surface area contributed by atoms with E-state index < -0.39 is 0 Å². The molecule has 0 N–H and O–H groups in total. The first-order valence-corrected chi connectivity index (χ1v) is 19.8. The minimum atomic E-state index is 0.537. The minimum absolute atomic E-state index is 0.537. The highest BCUT2D eigenvalue weighted by Gasteiger charge is 2.22. The van der Waals surface area contributed by atoms with Crippen molar-refractivity contribution in [2.24, 2.45) is 0 Å². The average Bonchev–Trinajstić information content (AvgIpc) is 3.96. The van der Waals surface area contributed by atoms with Crippen LogP contribution in [0.1, 0.15) is 0 Å². The monoisotopic (exact) mass is 746 g/mol. The molecule has 0 radical (unpaired) electrons.